The summed E-state index contributed by atoms with van der Waals surface area (Å²) in [6, 6.07) is 7.79. The lowest BCUT2D eigenvalue weighted by Crippen LogP contribution is -2.39. The van der Waals surface area contributed by atoms with Crippen LogP contribution in [0.5, 0.6) is 0 Å². The Labute approximate surface area is 190 Å². The predicted octanol–water partition coefficient (Wildman–Crippen LogP) is 2.04. The Kier molecular flexibility index (Phi) is 5.51. The van der Waals surface area contributed by atoms with Crippen LogP contribution in [0.1, 0.15) is 32.6 Å². The minimum Gasteiger partial charge on any atom is -0.393 e. The van der Waals surface area contributed by atoms with E-state index in [2.05, 4.69) is 20.0 Å². The van der Waals surface area contributed by atoms with Crippen molar-refractivity contribution in [2.24, 2.45) is 0 Å². The molecule has 0 saturated carbocycles. The first-order valence-electron chi connectivity index (χ1n) is 11.2. The topological polar surface area (TPSA) is 111 Å². The van der Waals surface area contributed by atoms with Gasteiger partial charge in [-0.1, -0.05) is 17.3 Å². The van der Waals surface area contributed by atoms with Crippen molar-refractivity contribution >= 4 is 16.6 Å². The number of hydrogen-bond acceptors (Lipinski definition) is 8. The molecule has 0 aliphatic carbocycles. The molecule has 0 radical (unpaired) electrons. The van der Waals surface area contributed by atoms with Crippen molar-refractivity contribution in [2.75, 3.05) is 26.7 Å². The lowest BCUT2D eigenvalue weighted by Gasteiger charge is -2.29. The molecule has 4 aromatic rings. The second kappa shape index (κ2) is 8.36. The molecular formula is C23H28N6O4. The second-order valence-corrected chi connectivity index (χ2v) is 8.97. The molecule has 10 heteroatoms. The number of ether oxygens (including phenoxy) is 1. The molecule has 4 heterocycles. The Morgan fingerprint density at radius 2 is 1.91 bits per heavy atom. The number of nitrogens with zero attached hydrogens (tertiary/aromatic N) is 6. The largest absolute Gasteiger partial charge is 0.393 e. The molecule has 1 aromatic carbocycles. The van der Waals surface area contributed by atoms with Crippen molar-refractivity contribution in [1.29, 1.82) is 0 Å². The molecule has 1 aliphatic rings. The van der Waals surface area contributed by atoms with E-state index in [4.69, 9.17) is 9.26 Å². The summed E-state index contributed by atoms with van der Waals surface area (Å²) in [6.07, 6.45) is 2.93. The van der Waals surface area contributed by atoms with E-state index in [1.807, 2.05) is 38.1 Å². The van der Waals surface area contributed by atoms with Gasteiger partial charge in [0.25, 0.3) is 11.4 Å². The highest BCUT2D eigenvalue weighted by molar-refractivity contribution is 5.83. The summed E-state index contributed by atoms with van der Waals surface area (Å²) in [7, 11) is 1.57. The third-order valence-electron chi connectivity index (χ3n) is 6.51. The quantitative estimate of drug-likeness (QED) is 0.473. The van der Waals surface area contributed by atoms with Crippen LogP contribution in [-0.4, -0.2) is 66.9 Å². The van der Waals surface area contributed by atoms with Crippen LogP contribution < -0.4 is 5.56 Å². The number of likely N-dealkylation sites (tertiary alicyclic amines) is 1. The van der Waals surface area contributed by atoms with E-state index < -0.39 is 5.60 Å². The molecule has 1 aliphatic heterocycles. The third-order valence-corrected chi connectivity index (χ3v) is 6.51. The van der Waals surface area contributed by atoms with Crippen LogP contribution in [0.3, 0.4) is 0 Å². The fourth-order valence-corrected chi connectivity index (χ4v) is 4.29. The maximum Gasteiger partial charge on any atom is 0.277 e. The Bertz CT molecular complexity index is 1350. The van der Waals surface area contributed by atoms with Crippen molar-refractivity contribution < 1.29 is 14.4 Å². The van der Waals surface area contributed by atoms with E-state index in [1.54, 1.807) is 22.4 Å². The summed E-state index contributed by atoms with van der Waals surface area (Å²) in [5.74, 6) is 0.566. The molecule has 0 spiro atoms. The zero-order chi connectivity index (χ0) is 23.2. The first-order chi connectivity index (χ1) is 15.9. The molecule has 0 atom stereocenters. The molecule has 1 N–H and O–H groups in total. The minimum atomic E-state index is -0.754. The van der Waals surface area contributed by atoms with Gasteiger partial charge in [-0.2, -0.15) is 4.98 Å². The van der Waals surface area contributed by atoms with Gasteiger partial charge in [0.1, 0.15) is 23.1 Å². The average molecular weight is 453 g/mol. The number of methoxy groups -OCH3 is 1. The van der Waals surface area contributed by atoms with E-state index >= 15 is 0 Å². The SMILES string of the molecule is COC(C)(C)c1nc(-c2ncn3c2c(=O)n(CCN2CCC(O)CC2)c2ccccc23)no1. The molecule has 0 bridgehead atoms. The summed E-state index contributed by atoms with van der Waals surface area (Å²) >= 11 is 0. The van der Waals surface area contributed by atoms with Crippen LogP contribution in [0.15, 0.2) is 39.9 Å². The van der Waals surface area contributed by atoms with Gasteiger partial charge in [-0.3, -0.25) is 9.20 Å². The van der Waals surface area contributed by atoms with Crippen molar-refractivity contribution in [3.8, 4) is 11.5 Å². The van der Waals surface area contributed by atoms with Crippen molar-refractivity contribution in [1.82, 2.24) is 29.0 Å². The number of piperidine rings is 1. The van der Waals surface area contributed by atoms with E-state index in [-0.39, 0.29) is 17.5 Å². The zero-order valence-electron chi connectivity index (χ0n) is 19.1. The average Bonchev–Trinajstić information content (AvgIpc) is 3.48. The smallest absolute Gasteiger partial charge is 0.277 e. The predicted molar refractivity (Wildman–Crippen MR) is 122 cm³/mol. The maximum atomic E-state index is 13.7. The summed E-state index contributed by atoms with van der Waals surface area (Å²) < 4.78 is 14.4. The normalized spacial score (nSPS) is 16.2. The van der Waals surface area contributed by atoms with Gasteiger partial charge in [-0.15, -0.1) is 0 Å². The number of benzene rings is 1. The van der Waals surface area contributed by atoms with Crippen molar-refractivity contribution in [3.63, 3.8) is 0 Å². The Hall–Kier alpha value is -3.08. The van der Waals surface area contributed by atoms with Gasteiger partial charge in [0.2, 0.25) is 5.82 Å². The fourth-order valence-electron chi connectivity index (χ4n) is 4.29. The molecule has 0 amide bonds. The first-order valence-corrected chi connectivity index (χ1v) is 11.2. The second-order valence-electron chi connectivity index (χ2n) is 8.97. The Balaban J connectivity index is 1.59. The zero-order valence-corrected chi connectivity index (χ0v) is 19.1. The summed E-state index contributed by atoms with van der Waals surface area (Å²) in [5.41, 5.74) is 1.59. The summed E-state index contributed by atoms with van der Waals surface area (Å²) in [6.45, 7) is 6.57. The lowest BCUT2D eigenvalue weighted by molar-refractivity contribution is -0.00786. The third kappa shape index (κ3) is 3.84. The van der Waals surface area contributed by atoms with Gasteiger partial charge < -0.3 is 23.8 Å². The molecule has 0 unspecified atom stereocenters. The van der Waals surface area contributed by atoms with Crippen LogP contribution in [0.2, 0.25) is 0 Å². The van der Waals surface area contributed by atoms with Crippen LogP contribution in [0.25, 0.3) is 28.1 Å². The summed E-state index contributed by atoms with van der Waals surface area (Å²) in [5, 5.41) is 13.9. The first kappa shape index (κ1) is 21.7. The maximum absolute atomic E-state index is 13.7. The van der Waals surface area contributed by atoms with Crippen molar-refractivity contribution in [2.45, 2.75) is 44.9 Å². The number of para-hydroxylation sites is 2. The highest BCUT2D eigenvalue weighted by Crippen LogP contribution is 2.27. The number of rotatable bonds is 6. The molecule has 3 aromatic heterocycles. The van der Waals surface area contributed by atoms with Gasteiger partial charge >= 0.3 is 0 Å². The Morgan fingerprint density at radius 1 is 1.18 bits per heavy atom. The van der Waals surface area contributed by atoms with Crippen molar-refractivity contribution in [3.05, 3.63) is 46.8 Å². The van der Waals surface area contributed by atoms with E-state index in [1.165, 1.54) is 0 Å². The van der Waals surface area contributed by atoms with Crippen LogP contribution in [0.4, 0.5) is 0 Å². The summed E-state index contributed by atoms with van der Waals surface area (Å²) in [4.78, 5) is 24.9. The number of aromatic nitrogens is 5. The molecule has 10 nitrogen and oxygen atoms in total. The van der Waals surface area contributed by atoms with Gasteiger partial charge in [0, 0.05) is 33.3 Å². The van der Waals surface area contributed by atoms with Gasteiger partial charge in [-0.25, -0.2) is 4.98 Å². The highest BCUT2D eigenvalue weighted by atomic mass is 16.5. The molecule has 174 valence electrons. The molecule has 1 saturated heterocycles. The van der Waals surface area contributed by atoms with E-state index in [9.17, 15) is 9.90 Å². The number of aliphatic hydroxyl groups is 1. The van der Waals surface area contributed by atoms with Gasteiger partial charge in [-0.05, 0) is 38.8 Å². The Morgan fingerprint density at radius 3 is 2.64 bits per heavy atom. The molecule has 5 rings (SSSR count). The molecular weight excluding hydrogens is 424 g/mol. The standard InChI is InChI=1S/C23H28N6O4/c1-23(2,32-3)22-25-20(26-33-22)18-19-21(31)28(13-12-27-10-8-15(30)9-11-27)16-6-4-5-7-17(16)29(19)14-24-18/h4-7,14-15,30H,8-13H2,1-3H3. The molecule has 33 heavy (non-hydrogen) atoms. The number of hydrogen-bond donors (Lipinski definition) is 1. The van der Waals surface area contributed by atoms with E-state index in [0.717, 1.165) is 43.5 Å². The minimum absolute atomic E-state index is 0.157. The number of fused-ring (bicyclic) bond motifs is 3. The highest BCUT2D eigenvalue weighted by Gasteiger charge is 2.29. The van der Waals surface area contributed by atoms with Crippen LogP contribution in [-0.2, 0) is 16.9 Å². The van der Waals surface area contributed by atoms with Gasteiger partial charge in [0.05, 0.1) is 17.1 Å². The monoisotopic (exact) mass is 452 g/mol. The van der Waals surface area contributed by atoms with Gasteiger partial charge in [0.15, 0.2) is 0 Å². The van der Waals surface area contributed by atoms with E-state index in [0.29, 0.717) is 23.6 Å². The van der Waals surface area contributed by atoms with Crippen LogP contribution in [0, 0.1) is 0 Å². The van der Waals surface area contributed by atoms with Crippen LogP contribution >= 0.6 is 0 Å². The molecule has 1 fully saturated rings. The fraction of sp³-hybridized carbons (Fsp3) is 0.478. The lowest BCUT2D eigenvalue weighted by atomic mass is 10.1. The number of imidazole rings is 1. The number of aliphatic hydroxyl groups excluding tert-OH is 1.